The average molecular weight is 350 g/mol. The van der Waals surface area contributed by atoms with Crippen LogP contribution in [0.3, 0.4) is 0 Å². The largest absolute Gasteiger partial charge is 0.494 e. The van der Waals surface area contributed by atoms with E-state index in [1.165, 1.54) is 11.0 Å². The number of halogens is 2. The van der Waals surface area contributed by atoms with Gasteiger partial charge in [-0.25, -0.2) is 0 Å². The molecule has 0 spiro atoms. The number of ether oxygens (including phenoxy) is 1. The lowest BCUT2D eigenvalue weighted by Crippen LogP contribution is -2.31. The van der Waals surface area contributed by atoms with Crippen molar-refractivity contribution in [2.75, 3.05) is 18.1 Å². The molecule has 0 fully saturated rings. The normalized spacial score (nSPS) is 13.4. The van der Waals surface area contributed by atoms with E-state index in [0.717, 1.165) is 0 Å². The highest BCUT2D eigenvalue weighted by atomic mass is 35.5. The van der Waals surface area contributed by atoms with Gasteiger partial charge in [-0.1, -0.05) is 23.2 Å². The molecule has 0 aliphatic carbocycles. The van der Waals surface area contributed by atoms with Crippen LogP contribution >= 0.6 is 23.2 Å². The quantitative estimate of drug-likeness (QED) is 0.605. The fraction of sp³-hybridized carbons (Fsp3) is 0.176. The van der Waals surface area contributed by atoms with Gasteiger partial charge in [-0.05, 0) is 48.9 Å². The topological polar surface area (TPSA) is 46.6 Å². The maximum Gasteiger partial charge on any atom is 0.299 e. The number of carbonyl (C=O) groups excluding carboxylic acids is 2. The van der Waals surface area contributed by atoms with Crippen molar-refractivity contribution < 1.29 is 14.3 Å². The summed E-state index contributed by atoms with van der Waals surface area (Å²) in [6.45, 7) is 0.843. The summed E-state index contributed by atoms with van der Waals surface area (Å²) >= 11 is 11.7. The molecule has 23 heavy (non-hydrogen) atoms. The van der Waals surface area contributed by atoms with Gasteiger partial charge in [0.05, 0.1) is 17.9 Å². The van der Waals surface area contributed by atoms with Gasteiger partial charge in [-0.2, -0.15) is 0 Å². The monoisotopic (exact) mass is 349 g/mol. The van der Waals surface area contributed by atoms with E-state index in [1.807, 2.05) is 0 Å². The second kappa shape index (κ2) is 6.60. The van der Waals surface area contributed by atoms with Crippen molar-refractivity contribution >= 4 is 40.6 Å². The van der Waals surface area contributed by atoms with Gasteiger partial charge >= 0.3 is 0 Å². The Morgan fingerprint density at radius 3 is 2.39 bits per heavy atom. The first-order valence-electron chi connectivity index (χ1n) is 7.10. The van der Waals surface area contributed by atoms with E-state index >= 15 is 0 Å². The lowest BCUT2D eigenvalue weighted by Gasteiger charge is -2.16. The van der Waals surface area contributed by atoms with Crippen LogP contribution in [0.2, 0.25) is 10.0 Å². The van der Waals surface area contributed by atoms with E-state index in [1.54, 1.807) is 36.4 Å². The van der Waals surface area contributed by atoms with Crippen molar-refractivity contribution in [1.29, 1.82) is 0 Å². The van der Waals surface area contributed by atoms with Crippen molar-refractivity contribution in [3.8, 4) is 5.75 Å². The number of rotatable bonds is 5. The lowest BCUT2D eigenvalue weighted by atomic mass is 10.1. The van der Waals surface area contributed by atoms with Crippen LogP contribution < -0.4 is 9.64 Å². The number of carbonyl (C=O) groups is 2. The van der Waals surface area contributed by atoms with E-state index in [2.05, 4.69) is 0 Å². The Balaban J connectivity index is 1.59. The molecule has 0 atom stereocenters. The van der Waals surface area contributed by atoms with Gasteiger partial charge in [0.25, 0.3) is 11.7 Å². The van der Waals surface area contributed by atoms with Crippen LogP contribution in [0.1, 0.15) is 16.8 Å². The second-order valence-electron chi connectivity index (χ2n) is 5.10. The van der Waals surface area contributed by atoms with Gasteiger partial charge in [0, 0.05) is 16.6 Å². The van der Waals surface area contributed by atoms with Crippen LogP contribution in [-0.4, -0.2) is 24.8 Å². The van der Waals surface area contributed by atoms with Crippen molar-refractivity contribution in [1.82, 2.24) is 0 Å². The highest BCUT2D eigenvalue weighted by molar-refractivity contribution is 6.52. The number of amides is 1. The number of anilines is 1. The zero-order chi connectivity index (χ0) is 16.4. The zero-order valence-corrected chi connectivity index (χ0v) is 13.6. The summed E-state index contributed by atoms with van der Waals surface area (Å²) < 4.78 is 5.59. The predicted octanol–water partition coefficient (Wildman–Crippen LogP) is 3.99. The standard InChI is InChI=1S/C17H13Cl2NO3/c18-11-2-5-13(6-3-11)23-9-1-8-20-15-7-4-12(19)10-14(15)16(21)17(20)22/h2-7,10H,1,8-9H2. The zero-order valence-electron chi connectivity index (χ0n) is 12.1. The van der Waals surface area contributed by atoms with Gasteiger partial charge in [0.15, 0.2) is 0 Å². The Hall–Kier alpha value is -2.04. The van der Waals surface area contributed by atoms with Crippen molar-refractivity contribution in [3.05, 3.63) is 58.1 Å². The molecule has 3 rings (SSSR count). The van der Waals surface area contributed by atoms with E-state index in [9.17, 15) is 9.59 Å². The molecule has 0 aromatic heterocycles. The first-order chi connectivity index (χ1) is 11.1. The fourth-order valence-corrected chi connectivity index (χ4v) is 2.74. The molecule has 1 aliphatic heterocycles. The fourth-order valence-electron chi connectivity index (χ4n) is 2.44. The summed E-state index contributed by atoms with van der Waals surface area (Å²) in [5.74, 6) is -0.319. The molecule has 1 amide bonds. The number of Topliss-reactive ketones (excluding diaryl/α,β-unsaturated/α-hetero) is 1. The van der Waals surface area contributed by atoms with Crippen molar-refractivity contribution in [3.63, 3.8) is 0 Å². The number of ketones is 1. The molecule has 1 heterocycles. The van der Waals surface area contributed by atoms with Crippen molar-refractivity contribution in [2.24, 2.45) is 0 Å². The minimum absolute atomic E-state index is 0.362. The van der Waals surface area contributed by atoms with Crippen LogP contribution in [0.15, 0.2) is 42.5 Å². The SMILES string of the molecule is O=C1C(=O)N(CCCOc2ccc(Cl)cc2)c2ccc(Cl)cc21. The van der Waals surface area contributed by atoms with E-state index in [-0.39, 0.29) is 0 Å². The molecular weight excluding hydrogens is 337 g/mol. The van der Waals surface area contributed by atoms with Gasteiger partial charge in [0.1, 0.15) is 5.75 Å². The highest BCUT2D eigenvalue weighted by Crippen LogP contribution is 2.31. The van der Waals surface area contributed by atoms with Crippen molar-refractivity contribution in [2.45, 2.75) is 6.42 Å². The van der Waals surface area contributed by atoms with E-state index < -0.39 is 11.7 Å². The van der Waals surface area contributed by atoms with Gasteiger partial charge < -0.3 is 9.64 Å². The van der Waals surface area contributed by atoms with E-state index in [4.69, 9.17) is 27.9 Å². The summed E-state index contributed by atoms with van der Waals surface area (Å²) in [7, 11) is 0. The third kappa shape index (κ3) is 3.33. The van der Waals surface area contributed by atoms with Gasteiger partial charge in [0.2, 0.25) is 0 Å². The molecule has 0 saturated carbocycles. The molecular formula is C17H13Cl2NO3. The Labute approximate surface area is 143 Å². The number of fused-ring (bicyclic) bond motifs is 1. The molecule has 0 saturated heterocycles. The molecule has 118 valence electrons. The molecule has 6 heteroatoms. The second-order valence-corrected chi connectivity index (χ2v) is 5.98. The molecule has 0 radical (unpaired) electrons. The maximum absolute atomic E-state index is 12.1. The lowest BCUT2D eigenvalue weighted by molar-refractivity contribution is -0.114. The molecule has 0 bridgehead atoms. The first-order valence-corrected chi connectivity index (χ1v) is 7.86. The Bertz CT molecular complexity index is 759. The number of hydrogen-bond donors (Lipinski definition) is 0. The Morgan fingerprint density at radius 2 is 1.65 bits per heavy atom. The summed E-state index contributed by atoms with van der Waals surface area (Å²) in [5.41, 5.74) is 0.969. The minimum atomic E-state index is -0.520. The van der Waals surface area contributed by atoms with Gasteiger partial charge in [-0.3, -0.25) is 9.59 Å². The maximum atomic E-state index is 12.1. The predicted molar refractivity (Wildman–Crippen MR) is 89.7 cm³/mol. The van der Waals surface area contributed by atoms with Crippen LogP contribution in [0, 0.1) is 0 Å². The molecule has 4 nitrogen and oxygen atoms in total. The summed E-state index contributed by atoms with van der Waals surface area (Å²) in [5, 5.41) is 1.09. The summed E-state index contributed by atoms with van der Waals surface area (Å²) in [6.07, 6.45) is 0.601. The Kier molecular flexibility index (Phi) is 4.55. The highest BCUT2D eigenvalue weighted by Gasteiger charge is 2.35. The van der Waals surface area contributed by atoms with Crippen LogP contribution in [-0.2, 0) is 4.79 Å². The molecule has 2 aromatic rings. The number of benzene rings is 2. The van der Waals surface area contributed by atoms with Gasteiger partial charge in [-0.15, -0.1) is 0 Å². The average Bonchev–Trinajstić information content (AvgIpc) is 2.77. The third-order valence-electron chi connectivity index (χ3n) is 3.54. The van der Waals surface area contributed by atoms with Crippen LogP contribution in [0.4, 0.5) is 5.69 Å². The number of hydrogen-bond acceptors (Lipinski definition) is 3. The first kappa shape index (κ1) is 15.8. The summed E-state index contributed by atoms with van der Waals surface area (Å²) in [4.78, 5) is 25.5. The molecule has 0 unspecified atom stereocenters. The minimum Gasteiger partial charge on any atom is -0.494 e. The number of nitrogens with zero attached hydrogens (tertiary/aromatic N) is 1. The Morgan fingerprint density at radius 1 is 0.957 bits per heavy atom. The summed E-state index contributed by atoms with van der Waals surface area (Å²) in [6, 6.07) is 12.0. The molecule has 1 aliphatic rings. The van der Waals surface area contributed by atoms with E-state index in [0.29, 0.717) is 46.6 Å². The van der Waals surface area contributed by atoms with Crippen LogP contribution in [0.5, 0.6) is 5.75 Å². The van der Waals surface area contributed by atoms with Crippen LogP contribution in [0.25, 0.3) is 0 Å². The molecule has 2 aromatic carbocycles. The third-order valence-corrected chi connectivity index (χ3v) is 4.03. The molecule has 0 N–H and O–H groups in total. The smallest absolute Gasteiger partial charge is 0.299 e.